The second-order valence-electron chi connectivity index (χ2n) is 10.4. The molecule has 3 rings (SSSR count). The summed E-state index contributed by atoms with van der Waals surface area (Å²) in [5.74, 6) is 0. The molecular weight excluding hydrogens is 564 g/mol. The van der Waals surface area contributed by atoms with Crippen molar-refractivity contribution in [2.24, 2.45) is 5.73 Å². The molecule has 0 bridgehead atoms. The maximum Gasteiger partial charge on any atom is 0.100 e. The molecule has 0 spiro atoms. The fraction of sp³-hybridized carbons (Fsp3) is 0.125. The van der Waals surface area contributed by atoms with Crippen LogP contribution in [0.5, 0.6) is 0 Å². The minimum Gasteiger partial charge on any atom is -0.326 e. The van der Waals surface area contributed by atoms with Crippen molar-refractivity contribution in [2.75, 3.05) is 6.54 Å². The summed E-state index contributed by atoms with van der Waals surface area (Å²) in [6, 6.07) is 30.8. The van der Waals surface area contributed by atoms with E-state index in [0.29, 0.717) is 42.4 Å². The van der Waals surface area contributed by atoms with Gasteiger partial charge in [0.1, 0.15) is 12.1 Å². The molecule has 0 amide bonds. The van der Waals surface area contributed by atoms with E-state index < -0.39 is 0 Å². The number of hydrogen-bond acceptors (Lipinski definition) is 6. The van der Waals surface area contributed by atoms with E-state index in [1.165, 1.54) is 0 Å². The largest absolute Gasteiger partial charge is 0.326 e. The maximum absolute atomic E-state index is 9.11. The second-order valence-corrected chi connectivity index (χ2v) is 10.4. The highest BCUT2D eigenvalue weighted by Gasteiger charge is 2.06. The third-order valence-electron chi connectivity index (χ3n) is 7.32. The Morgan fingerprint density at radius 3 is 1.35 bits per heavy atom. The molecule has 226 valence electrons. The predicted molar refractivity (Wildman–Crippen MR) is 188 cm³/mol. The Morgan fingerprint density at radius 2 is 0.978 bits per heavy atom. The quantitative estimate of drug-likeness (QED) is 0.0927. The molecule has 3 aromatic rings. The van der Waals surface area contributed by atoms with E-state index in [0.717, 1.165) is 57.0 Å². The molecule has 0 saturated carbocycles. The van der Waals surface area contributed by atoms with Crippen LogP contribution in [0.1, 0.15) is 33.4 Å². The van der Waals surface area contributed by atoms with Gasteiger partial charge in [-0.25, -0.2) is 0 Å². The van der Waals surface area contributed by atoms with E-state index >= 15 is 0 Å². The van der Waals surface area contributed by atoms with Gasteiger partial charge >= 0.3 is 0 Å². The monoisotopic (exact) mass is 600 g/mol. The number of nitriles is 3. The van der Waals surface area contributed by atoms with Gasteiger partial charge in [0, 0.05) is 24.5 Å². The van der Waals surface area contributed by atoms with Crippen molar-refractivity contribution < 1.29 is 0 Å². The van der Waals surface area contributed by atoms with Crippen molar-refractivity contribution in [1.82, 2.24) is 0 Å². The Labute approximate surface area is 271 Å². The molecular formula is C40H36N6. The molecule has 0 atom stereocenters. The van der Waals surface area contributed by atoms with Crippen LogP contribution in [0.2, 0.25) is 0 Å². The molecule has 0 heterocycles. The van der Waals surface area contributed by atoms with Crippen LogP contribution in [0.15, 0.2) is 133 Å². The standard InChI is InChI=1S/C40H36N6/c1-2-37(38-18-13-32(14-19-38)8-11-35(26-43)27-44)23-40(39-20-15-33(16-21-39)9-12-36(28-45)29-46)22-17-31-5-3-30(4-6-31)7-10-34(24-41)25-42/h2-6,10-16,18-23,26,28,43,45H,1,7-9,17,24,41H2/b34-10+,35-11+,36-12+,37-23+,40-22+,43-26?,45-28?. The van der Waals surface area contributed by atoms with Crippen LogP contribution < -0.4 is 5.73 Å². The summed E-state index contributed by atoms with van der Waals surface area (Å²) in [6.07, 6.45) is 16.1. The van der Waals surface area contributed by atoms with E-state index in [4.69, 9.17) is 32.3 Å². The Morgan fingerprint density at radius 1 is 0.587 bits per heavy atom. The maximum atomic E-state index is 9.11. The third kappa shape index (κ3) is 10.5. The SMILES string of the molecule is C=C/C(=C\C(=C/Cc1ccc(C/C=C(/C#N)CN)cc1)c1ccc(C/C=C(/C#N)C=N)cc1)c1ccc(C/C=C(/C#N)C=N)cc1. The molecule has 0 aliphatic heterocycles. The zero-order chi connectivity index (χ0) is 33.1. The number of rotatable bonds is 15. The Hall–Kier alpha value is -6.13. The lowest BCUT2D eigenvalue weighted by Crippen LogP contribution is -2.01. The normalized spacial score (nSPS) is 12.4. The van der Waals surface area contributed by atoms with Crippen molar-refractivity contribution in [3.05, 3.63) is 166 Å². The van der Waals surface area contributed by atoms with Gasteiger partial charge in [0.05, 0.1) is 17.2 Å². The molecule has 0 aliphatic carbocycles. The molecule has 0 radical (unpaired) electrons. The molecule has 0 aromatic heterocycles. The highest BCUT2D eigenvalue weighted by molar-refractivity contribution is 5.87. The summed E-state index contributed by atoms with van der Waals surface area (Å²) in [5.41, 5.74) is 15.2. The summed E-state index contributed by atoms with van der Waals surface area (Å²) in [4.78, 5) is 0. The van der Waals surface area contributed by atoms with Gasteiger partial charge < -0.3 is 16.6 Å². The van der Waals surface area contributed by atoms with Gasteiger partial charge in [-0.3, -0.25) is 0 Å². The van der Waals surface area contributed by atoms with Gasteiger partial charge in [-0.1, -0.05) is 110 Å². The number of hydrogen-bond donors (Lipinski definition) is 3. The van der Waals surface area contributed by atoms with Crippen molar-refractivity contribution in [3.8, 4) is 18.2 Å². The van der Waals surface area contributed by atoms with Gasteiger partial charge in [-0.05, 0) is 76.3 Å². The van der Waals surface area contributed by atoms with Gasteiger partial charge in [-0.2, -0.15) is 15.8 Å². The number of allylic oxidation sites excluding steroid dienone is 10. The Bertz CT molecular complexity index is 1810. The van der Waals surface area contributed by atoms with Crippen LogP contribution in [0, 0.1) is 44.8 Å². The van der Waals surface area contributed by atoms with Crippen LogP contribution in [0.25, 0.3) is 11.1 Å². The lowest BCUT2D eigenvalue weighted by Gasteiger charge is -2.10. The van der Waals surface area contributed by atoms with Gasteiger partial charge in [0.2, 0.25) is 0 Å². The van der Waals surface area contributed by atoms with Crippen LogP contribution >= 0.6 is 0 Å². The van der Waals surface area contributed by atoms with Gasteiger partial charge in [-0.15, -0.1) is 0 Å². The molecule has 6 nitrogen and oxygen atoms in total. The number of nitrogens with zero attached hydrogens (tertiary/aromatic N) is 3. The molecule has 6 heteroatoms. The zero-order valence-electron chi connectivity index (χ0n) is 25.7. The molecule has 0 saturated heterocycles. The first-order chi connectivity index (χ1) is 22.5. The Kier molecular flexibility index (Phi) is 13.8. The fourth-order valence-electron chi connectivity index (χ4n) is 4.54. The van der Waals surface area contributed by atoms with E-state index in [2.05, 4.69) is 61.2 Å². The smallest absolute Gasteiger partial charge is 0.100 e. The highest BCUT2D eigenvalue weighted by Crippen LogP contribution is 2.26. The molecule has 0 fully saturated rings. The Balaban J connectivity index is 1.93. The number of nitrogens with two attached hydrogens (primary N) is 1. The third-order valence-corrected chi connectivity index (χ3v) is 7.32. The lowest BCUT2D eigenvalue weighted by atomic mass is 9.95. The minimum absolute atomic E-state index is 0.237. The minimum atomic E-state index is 0.237. The van der Waals surface area contributed by atoms with Crippen LogP contribution in [-0.4, -0.2) is 19.0 Å². The predicted octanol–water partition coefficient (Wildman–Crippen LogP) is 7.82. The summed E-state index contributed by atoms with van der Waals surface area (Å²) in [5, 5.41) is 41.9. The van der Waals surface area contributed by atoms with Gasteiger partial charge in [0.25, 0.3) is 0 Å². The summed E-state index contributed by atoms with van der Waals surface area (Å²) >= 11 is 0. The van der Waals surface area contributed by atoms with Crippen molar-refractivity contribution in [2.45, 2.75) is 25.7 Å². The van der Waals surface area contributed by atoms with Gasteiger partial charge in [0.15, 0.2) is 0 Å². The van der Waals surface area contributed by atoms with Crippen LogP contribution in [-0.2, 0) is 25.7 Å². The average Bonchev–Trinajstić information content (AvgIpc) is 3.11. The van der Waals surface area contributed by atoms with E-state index in [9.17, 15) is 0 Å². The molecule has 4 N–H and O–H groups in total. The lowest BCUT2D eigenvalue weighted by molar-refractivity contribution is 1.14. The van der Waals surface area contributed by atoms with E-state index in [1.54, 1.807) is 12.2 Å². The van der Waals surface area contributed by atoms with E-state index in [1.807, 2.05) is 60.7 Å². The van der Waals surface area contributed by atoms with Crippen LogP contribution in [0.3, 0.4) is 0 Å². The fourth-order valence-corrected chi connectivity index (χ4v) is 4.54. The topological polar surface area (TPSA) is 145 Å². The average molecular weight is 601 g/mol. The van der Waals surface area contributed by atoms with Crippen LogP contribution in [0.4, 0.5) is 0 Å². The second kappa shape index (κ2) is 18.5. The van der Waals surface area contributed by atoms with Crippen molar-refractivity contribution >= 4 is 23.6 Å². The first kappa shape index (κ1) is 34.4. The molecule has 46 heavy (non-hydrogen) atoms. The number of nitrogens with one attached hydrogen (secondary N) is 2. The summed E-state index contributed by atoms with van der Waals surface area (Å²) < 4.78 is 0. The van der Waals surface area contributed by atoms with E-state index in [-0.39, 0.29) is 6.54 Å². The summed E-state index contributed by atoms with van der Waals surface area (Å²) in [7, 11) is 0. The van der Waals surface area contributed by atoms with Crippen molar-refractivity contribution in [1.29, 1.82) is 26.6 Å². The highest BCUT2D eigenvalue weighted by atomic mass is 14.5. The summed E-state index contributed by atoms with van der Waals surface area (Å²) in [6.45, 7) is 4.32. The zero-order valence-corrected chi connectivity index (χ0v) is 25.7. The first-order valence-corrected chi connectivity index (χ1v) is 14.8. The molecule has 0 unspecified atom stereocenters. The number of benzene rings is 3. The molecule has 3 aromatic carbocycles. The first-order valence-electron chi connectivity index (χ1n) is 14.8. The van der Waals surface area contributed by atoms with Crippen molar-refractivity contribution in [3.63, 3.8) is 0 Å². The molecule has 0 aliphatic rings.